The Bertz CT molecular complexity index is 617. The molecule has 0 bridgehead atoms. The Labute approximate surface area is 103 Å². The summed E-state index contributed by atoms with van der Waals surface area (Å²) in [5.41, 5.74) is 0.788. The summed E-state index contributed by atoms with van der Waals surface area (Å²) >= 11 is 1.29. The van der Waals surface area contributed by atoms with Crippen molar-refractivity contribution in [3.05, 3.63) is 34.0 Å². The second-order valence-corrected chi connectivity index (χ2v) is 6.86. The van der Waals surface area contributed by atoms with Crippen LogP contribution in [-0.2, 0) is 15.6 Å². The van der Waals surface area contributed by atoms with Crippen LogP contribution in [0.2, 0.25) is 0 Å². The first kappa shape index (κ1) is 12.1. The molecule has 2 rings (SSSR count). The molecule has 5 nitrogen and oxygen atoms in total. The van der Waals surface area contributed by atoms with Gasteiger partial charge in [0.1, 0.15) is 15.8 Å². The molecule has 0 radical (unpaired) electrons. The van der Waals surface area contributed by atoms with Crippen molar-refractivity contribution in [3.8, 4) is 0 Å². The third kappa shape index (κ3) is 2.86. The number of rotatable bonds is 3. The van der Waals surface area contributed by atoms with Crippen molar-refractivity contribution in [1.29, 1.82) is 0 Å². The summed E-state index contributed by atoms with van der Waals surface area (Å²) in [4.78, 5) is 4.20. The van der Waals surface area contributed by atoms with Crippen LogP contribution in [-0.4, -0.2) is 23.6 Å². The fourth-order valence-corrected chi connectivity index (χ4v) is 3.52. The second-order valence-electron chi connectivity index (χ2n) is 3.61. The first-order chi connectivity index (χ1) is 7.97. The van der Waals surface area contributed by atoms with Gasteiger partial charge in [-0.15, -0.1) is 21.5 Å². The molecule has 17 heavy (non-hydrogen) atoms. The molecule has 2 aromatic heterocycles. The molecule has 0 fully saturated rings. The summed E-state index contributed by atoms with van der Waals surface area (Å²) in [6.07, 6.45) is 1.37. The number of aryl methyl sites for hydroxylation is 2. The molecule has 0 atom stereocenters. The van der Waals surface area contributed by atoms with Crippen molar-refractivity contribution in [2.24, 2.45) is 0 Å². The number of hydrogen-bond acceptors (Lipinski definition) is 6. The molecule has 2 heterocycles. The average molecular weight is 269 g/mol. The van der Waals surface area contributed by atoms with Crippen molar-refractivity contribution < 1.29 is 8.42 Å². The Kier molecular flexibility index (Phi) is 3.21. The minimum atomic E-state index is -3.37. The number of sulfone groups is 1. The van der Waals surface area contributed by atoms with Gasteiger partial charge in [0.25, 0.3) is 0 Å². The van der Waals surface area contributed by atoms with Gasteiger partial charge in [-0.1, -0.05) is 0 Å². The molecule has 0 aliphatic heterocycles. The summed E-state index contributed by atoms with van der Waals surface area (Å²) in [7, 11) is -3.37. The van der Waals surface area contributed by atoms with Crippen LogP contribution in [0.1, 0.15) is 15.7 Å². The monoisotopic (exact) mass is 269 g/mol. The lowest BCUT2D eigenvalue weighted by Crippen LogP contribution is -2.05. The molecule has 90 valence electrons. The van der Waals surface area contributed by atoms with E-state index in [2.05, 4.69) is 15.2 Å². The molecule has 7 heteroatoms. The molecule has 0 N–H and O–H groups in total. The number of pyridine rings is 1. The first-order valence-corrected chi connectivity index (χ1v) is 7.39. The van der Waals surface area contributed by atoms with E-state index in [-0.39, 0.29) is 10.6 Å². The summed E-state index contributed by atoms with van der Waals surface area (Å²) in [6, 6.07) is 3.24. The topological polar surface area (TPSA) is 72.8 Å². The Morgan fingerprint density at radius 1 is 1.24 bits per heavy atom. The lowest BCUT2D eigenvalue weighted by atomic mass is 10.4. The van der Waals surface area contributed by atoms with Crippen molar-refractivity contribution in [1.82, 2.24) is 15.2 Å². The van der Waals surface area contributed by atoms with E-state index in [9.17, 15) is 8.42 Å². The molecular formula is C10H11N3O2S2. The average Bonchev–Trinajstić information content (AvgIpc) is 2.63. The summed E-state index contributed by atoms with van der Waals surface area (Å²) in [5, 5.41) is 8.87. The lowest BCUT2D eigenvalue weighted by molar-refractivity contribution is 0.594. The van der Waals surface area contributed by atoms with Crippen LogP contribution >= 0.6 is 11.3 Å². The van der Waals surface area contributed by atoms with Gasteiger partial charge >= 0.3 is 0 Å². The normalized spacial score (nSPS) is 11.6. The zero-order chi connectivity index (χ0) is 12.5. The second kappa shape index (κ2) is 4.50. The van der Waals surface area contributed by atoms with E-state index in [1.165, 1.54) is 17.5 Å². The van der Waals surface area contributed by atoms with Crippen LogP contribution in [0.4, 0.5) is 0 Å². The zero-order valence-corrected chi connectivity index (χ0v) is 11.0. The van der Waals surface area contributed by atoms with Gasteiger partial charge in [-0.05, 0) is 26.0 Å². The van der Waals surface area contributed by atoms with Crippen LogP contribution in [0.5, 0.6) is 0 Å². The van der Waals surface area contributed by atoms with Gasteiger partial charge in [-0.2, -0.15) is 0 Å². The van der Waals surface area contributed by atoms with Crippen molar-refractivity contribution in [2.75, 3.05) is 0 Å². The Balaban J connectivity index is 2.28. The maximum absolute atomic E-state index is 12.0. The van der Waals surface area contributed by atoms with E-state index in [1.54, 1.807) is 19.1 Å². The molecule has 2 aromatic rings. The zero-order valence-electron chi connectivity index (χ0n) is 9.41. The van der Waals surface area contributed by atoms with Gasteiger partial charge in [-0.25, -0.2) is 8.42 Å². The fraction of sp³-hybridized carbons (Fsp3) is 0.300. The van der Waals surface area contributed by atoms with E-state index in [0.29, 0.717) is 5.01 Å². The predicted molar refractivity (Wildman–Crippen MR) is 64.5 cm³/mol. The van der Waals surface area contributed by atoms with Crippen LogP contribution < -0.4 is 0 Å². The third-order valence-corrected chi connectivity index (χ3v) is 4.76. The van der Waals surface area contributed by atoms with Crippen molar-refractivity contribution in [2.45, 2.75) is 24.5 Å². The van der Waals surface area contributed by atoms with Crippen molar-refractivity contribution in [3.63, 3.8) is 0 Å². The summed E-state index contributed by atoms with van der Waals surface area (Å²) in [5.74, 6) is -0.122. The minimum absolute atomic E-state index is 0.122. The predicted octanol–water partition coefficient (Wildman–Crippen LogP) is 1.52. The van der Waals surface area contributed by atoms with Gasteiger partial charge in [-0.3, -0.25) is 4.98 Å². The first-order valence-electron chi connectivity index (χ1n) is 4.92. The van der Waals surface area contributed by atoms with Gasteiger partial charge in [0, 0.05) is 11.9 Å². The Morgan fingerprint density at radius 3 is 2.53 bits per heavy atom. The maximum atomic E-state index is 12.0. The van der Waals surface area contributed by atoms with Gasteiger partial charge in [0.15, 0.2) is 9.84 Å². The standard InChI is InChI=1S/C10H11N3O2S2/c1-7-3-4-9(5-11-7)17(14,15)6-10-13-12-8(2)16-10/h3-5H,6H2,1-2H3. The lowest BCUT2D eigenvalue weighted by Gasteiger charge is -2.01. The molecule has 0 spiro atoms. The number of hydrogen-bond donors (Lipinski definition) is 0. The molecule has 0 saturated carbocycles. The highest BCUT2D eigenvalue weighted by Crippen LogP contribution is 2.18. The molecule has 0 aliphatic carbocycles. The highest BCUT2D eigenvalue weighted by molar-refractivity contribution is 7.90. The van der Waals surface area contributed by atoms with Crippen LogP contribution in [0.3, 0.4) is 0 Å². The molecule has 0 amide bonds. The summed E-state index contributed by atoms with van der Waals surface area (Å²) in [6.45, 7) is 3.60. The van der Waals surface area contributed by atoms with Crippen LogP contribution in [0, 0.1) is 13.8 Å². The maximum Gasteiger partial charge on any atom is 0.186 e. The van der Waals surface area contributed by atoms with E-state index < -0.39 is 9.84 Å². The number of aromatic nitrogens is 3. The van der Waals surface area contributed by atoms with Crippen LogP contribution in [0.25, 0.3) is 0 Å². The molecule has 0 unspecified atom stereocenters. The smallest absolute Gasteiger partial charge is 0.186 e. The van der Waals surface area contributed by atoms with E-state index >= 15 is 0 Å². The SMILES string of the molecule is Cc1ccc(S(=O)(=O)Cc2nnc(C)s2)cn1. The largest absolute Gasteiger partial charge is 0.260 e. The van der Waals surface area contributed by atoms with Gasteiger partial charge in [0.05, 0.1) is 4.90 Å². The highest BCUT2D eigenvalue weighted by atomic mass is 32.2. The van der Waals surface area contributed by atoms with E-state index in [0.717, 1.165) is 10.7 Å². The van der Waals surface area contributed by atoms with E-state index in [1.807, 2.05) is 6.92 Å². The number of nitrogens with zero attached hydrogens (tertiary/aromatic N) is 3. The fourth-order valence-electron chi connectivity index (χ4n) is 1.28. The van der Waals surface area contributed by atoms with Crippen molar-refractivity contribution >= 4 is 21.2 Å². The quantitative estimate of drug-likeness (QED) is 0.844. The molecule has 0 aromatic carbocycles. The van der Waals surface area contributed by atoms with Gasteiger partial charge in [0.2, 0.25) is 0 Å². The van der Waals surface area contributed by atoms with E-state index in [4.69, 9.17) is 0 Å². The molecule has 0 aliphatic rings. The Morgan fingerprint density at radius 2 is 2.00 bits per heavy atom. The highest BCUT2D eigenvalue weighted by Gasteiger charge is 2.18. The molecule has 0 saturated heterocycles. The molecular weight excluding hydrogens is 258 g/mol. The third-order valence-electron chi connectivity index (χ3n) is 2.12. The minimum Gasteiger partial charge on any atom is -0.260 e. The van der Waals surface area contributed by atoms with Crippen LogP contribution in [0.15, 0.2) is 23.2 Å². The summed E-state index contributed by atoms with van der Waals surface area (Å²) < 4.78 is 24.0. The Hall–Kier alpha value is -1.34. The van der Waals surface area contributed by atoms with Gasteiger partial charge < -0.3 is 0 Å².